The van der Waals surface area contributed by atoms with Crippen LogP contribution in [0.25, 0.3) is 0 Å². The Labute approximate surface area is 456 Å². The second kappa shape index (κ2) is 61.4. The molecule has 0 rings (SSSR count). The van der Waals surface area contributed by atoms with Crippen LogP contribution in [0.3, 0.4) is 0 Å². The Morgan fingerprint density at radius 2 is 0.527 bits per heavy atom. The summed E-state index contributed by atoms with van der Waals surface area (Å²) < 4.78 is 16.8. The Kier molecular flexibility index (Phi) is 57.9. The number of carbonyl (C=O) groups is 3. The highest BCUT2D eigenvalue weighted by atomic mass is 16.6. The minimum absolute atomic E-state index is 0.0927. The lowest BCUT2D eigenvalue weighted by atomic mass is 10.0. The summed E-state index contributed by atoms with van der Waals surface area (Å²) in [7, 11) is 0. The van der Waals surface area contributed by atoms with Crippen LogP contribution >= 0.6 is 0 Å². The standard InChI is InChI=1S/C68H112O6/c1-4-7-10-13-16-18-20-22-24-26-28-30-32-34-36-38-40-42-44-46-48-50-52-55-58-61-67(70)73-64-65(63-72-66(69)60-57-54-15-12-9-6-3)74-68(71)62-59-56-53-51-49-47-45-43-41-39-37-35-33-31-29-27-25-23-21-19-17-14-11-8-5-2/h7,10,16,18,21-24,27-30,33-36,40,42,46,48,65H,4-6,8-9,11-15,17,19-20,25-26,31-32,37-39,41,43-45,47,49-64H2,1-3H3/b10-7-,18-16-,23-21-,24-22-,29-27-,30-28-,35-33-,36-34-,42-40-,48-46-. The van der Waals surface area contributed by atoms with E-state index in [9.17, 15) is 14.4 Å². The Hall–Kier alpha value is -4.19. The van der Waals surface area contributed by atoms with Gasteiger partial charge in [-0.05, 0) is 116 Å². The molecule has 6 nitrogen and oxygen atoms in total. The van der Waals surface area contributed by atoms with E-state index in [0.29, 0.717) is 19.3 Å². The molecule has 0 aliphatic carbocycles. The van der Waals surface area contributed by atoms with E-state index in [2.05, 4.69) is 142 Å². The molecule has 420 valence electrons. The zero-order valence-corrected chi connectivity index (χ0v) is 48.1. The number of ether oxygens (including phenoxy) is 3. The first-order chi connectivity index (χ1) is 36.5. The second-order valence-corrected chi connectivity index (χ2v) is 19.9. The number of allylic oxidation sites excluding steroid dienone is 20. The van der Waals surface area contributed by atoms with Gasteiger partial charge in [-0.1, -0.05) is 258 Å². The third-order valence-electron chi connectivity index (χ3n) is 12.7. The van der Waals surface area contributed by atoms with Gasteiger partial charge in [0.25, 0.3) is 0 Å². The first-order valence-electron chi connectivity index (χ1n) is 30.5. The second-order valence-electron chi connectivity index (χ2n) is 19.9. The highest BCUT2D eigenvalue weighted by molar-refractivity contribution is 5.71. The van der Waals surface area contributed by atoms with Gasteiger partial charge in [-0.3, -0.25) is 14.4 Å². The zero-order valence-electron chi connectivity index (χ0n) is 48.1. The van der Waals surface area contributed by atoms with Gasteiger partial charge in [-0.2, -0.15) is 0 Å². The van der Waals surface area contributed by atoms with Crippen LogP contribution in [-0.4, -0.2) is 37.2 Å². The Bertz CT molecular complexity index is 1550. The van der Waals surface area contributed by atoms with Gasteiger partial charge in [0.05, 0.1) is 0 Å². The summed E-state index contributed by atoms with van der Waals surface area (Å²) in [5.41, 5.74) is 0. The summed E-state index contributed by atoms with van der Waals surface area (Å²) in [6.45, 7) is 6.42. The lowest BCUT2D eigenvalue weighted by Gasteiger charge is -2.18. The quantitative estimate of drug-likeness (QED) is 0.0261. The summed E-state index contributed by atoms with van der Waals surface area (Å²) in [4.78, 5) is 38.0. The van der Waals surface area contributed by atoms with Crippen LogP contribution in [0.4, 0.5) is 0 Å². The molecule has 0 bridgehead atoms. The van der Waals surface area contributed by atoms with Gasteiger partial charge in [0.15, 0.2) is 6.10 Å². The number of hydrogen-bond donors (Lipinski definition) is 0. The number of carbonyl (C=O) groups excluding carboxylic acids is 3. The molecule has 0 aromatic rings. The Balaban J connectivity index is 4.23. The maximum Gasteiger partial charge on any atom is 0.306 e. The lowest BCUT2D eigenvalue weighted by molar-refractivity contribution is -0.167. The number of esters is 3. The maximum absolute atomic E-state index is 12.8. The molecular weight excluding hydrogens is 913 g/mol. The number of rotatable bonds is 54. The van der Waals surface area contributed by atoms with Crippen LogP contribution < -0.4 is 0 Å². The molecule has 0 spiro atoms. The van der Waals surface area contributed by atoms with E-state index in [1.807, 2.05) is 0 Å². The van der Waals surface area contributed by atoms with Crippen molar-refractivity contribution in [3.8, 4) is 0 Å². The molecule has 0 heterocycles. The average molecular weight is 1030 g/mol. The highest BCUT2D eigenvalue weighted by Crippen LogP contribution is 2.15. The predicted octanol–water partition coefficient (Wildman–Crippen LogP) is 20.8. The van der Waals surface area contributed by atoms with Crippen LogP contribution in [0, 0.1) is 0 Å². The van der Waals surface area contributed by atoms with E-state index in [0.717, 1.165) is 122 Å². The molecule has 0 aliphatic rings. The minimum atomic E-state index is -0.795. The predicted molar refractivity (Wildman–Crippen MR) is 320 cm³/mol. The van der Waals surface area contributed by atoms with Gasteiger partial charge in [-0.25, -0.2) is 0 Å². The van der Waals surface area contributed by atoms with Crippen molar-refractivity contribution in [2.75, 3.05) is 13.2 Å². The Morgan fingerprint density at radius 1 is 0.284 bits per heavy atom. The zero-order chi connectivity index (χ0) is 53.6. The van der Waals surface area contributed by atoms with E-state index in [1.165, 1.54) is 109 Å². The lowest BCUT2D eigenvalue weighted by Crippen LogP contribution is -2.30. The largest absolute Gasteiger partial charge is 0.462 e. The van der Waals surface area contributed by atoms with E-state index < -0.39 is 6.10 Å². The van der Waals surface area contributed by atoms with Gasteiger partial charge >= 0.3 is 17.9 Å². The normalized spacial score (nSPS) is 13.0. The molecule has 0 N–H and O–H groups in total. The molecule has 0 fully saturated rings. The fourth-order valence-electron chi connectivity index (χ4n) is 8.13. The molecule has 0 amide bonds. The molecule has 0 aromatic carbocycles. The van der Waals surface area contributed by atoms with Gasteiger partial charge in [0.2, 0.25) is 0 Å². The molecule has 1 atom stereocenters. The third-order valence-corrected chi connectivity index (χ3v) is 12.7. The average Bonchev–Trinajstić information content (AvgIpc) is 3.40. The van der Waals surface area contributed by atoms with Gasteiger partial charge in [-0.15, -0.1) is 0 Å². The van der Waals surface area contributed by atoms with E-state index in [4.69, 9.17) is 14.2 Å². The number of unbranched alkanes of at least 4 members (excludes halogenated alkanes) is 23. The van der Waals surface area contributed by atoms with Crippen molar-refractivity contribution in [1.29, 1.82) is 0 Å². The molecule has 0 radical (unpaired) electrons. The summed E-state index contributed by atoms with van der Waals surface area (Å²) in [6, 6.07) is 0. The van der Waals surface area contributed by atoms with Crippen molar-refractivity contribution in [1.82, 2.24) is 0 Å². The molecule has 0 saturated carbocycles. The van der Waals surface area contributed by atoms with E-state index >= 15 is 0 Å². The van der Waals surface area contributed by atoms with E-state index in [-0.39, 0.29) is 31.1 Å². The smallest absolute Gasteiger partial charge is 0.306 e. The molecular formula is C68H112O6. The van der Waals surface area contributed by atoms with Crippen LogP contribution in [0.15, 0.2) is 122 Å². The van der Waals surface area contributed by atoms with Crippen molar-refractivity contribution in [2.24, 2.45) is 0 Å². The first kappa shape index (κ1) is 69.8. The van der Waals surface area contributed by atoms with Crippen LogP contribution in [0.2, 0.25) is 0 Å². The molecule has 6 heteroatoms. The first-order valence-corrected chi connectivity index (χ1v) is 30.5. The van der Waals surface area contributed by atoms with Crippen LogP contribution in [0.1, 0.15) is 271 Å². The van der Waals surface area contributed by atoms with Crippen molar-refractivity contribution in [3.05, 3.63) is 122 Å². The van der Waals surface area contributed by atoms with E-state index in [1.54, 1.807) is 0 Å². The summed E-state index contributed by atoms with van der Waals surface area (Å²) in [6.07, 6.45) is 85.1. The maximum atomic E-state index is 12.8. The van der Waals surface area contributed by atoms with Crippen LogP contribution in [-0.2, 0) is 28.6 Å². The van der Waals surface area contributed by atoms with Gasteiger partial charge < -0.3 is 14.2 Å². The third kappa shape index (κ3) is 58.7. The topological polar surface area (TPSA) is 78.9 Å². The summed E-state index contributed by atoms with van der Waals surface area (Å²) >= 11 is 0. The minimum Gasteiger partial charge on any atom is -0.462 e. The summed E-state index contributed by atoms with van der Waals surface area (Å²) in [5, 5.41) is 0. The SMILES string of the molecule is CC/C=C\C/C=C\C/C=C\C/C=C\C/C=C\C/C=C\C/C=C\CCCCCC(=O)OCC(COC(=O)CCCCCCCC)OC(=O)CCCCCCCCCCCC/C=C\C/C=C\C/C=C\CCCCCCC. The van der Waals surface area contributed by atoms with Gasteiger partial charge in [0.1, 0.15) is 13.2 Å². The molecule has 0 aliphatic heterocycles. The van der Waals surface area contributed by atoms with Gasteiger partial charge in [0, 0.05) is 19.3 Å². The van der Waals surface area contributed by atoms with Crippen molar-refractivity contribution in [3.63, 3.8) is 0 Å². The number of hydrogen-bond acceptors (Lipinski definition) is 6. The molecule has 1 unspecified atom stereocenters. The molecule has 0 saturated heterocycles. The van der Waals surface area contributed by atoms with Crippen molar-refractivity contribution < 1.29 is 28.6 Å². The fourth-order valence-corrected chi connectivity index (χ4v) is 8.13. The van der Waals surface area contributed by atoms with Crippen LogP contribution in [0.5, 0.6) is 0 Å². The molecule has 74 heavy (non-hydrogen) atoms. The summed E-state index contributed by atoms with van der Waals surface area (Å²) in [5.74, 6) is -0.941. The Morgan fingerprint density at radius 3 is 0.838 bits per heavy atom. The molecule has 0 aromatic heterocycles. The van der Waals surface area contributed by atoms with Crippen molar-refractivity contribution >= 4 is 17.9 Å². The monoisotopic (exact) mass is 1020 g/mol. The fraction of sp³-hybridized carbons (Fsp3) is 0.662. The van der Waals surface area contributed by atoms with Crippen molar-refractivity contribution in [2.45, 2.75) is 277 Å². The highest BCUT2D eigenvalue weighted by Gasteiger charge is 2.19.